The minimum atomic E-state index is -2.81. The standard InChI is InChI=1S/C20H22ClF2N3O2/c1-19(22,23)13-8-12(13)17(27)24-9-20(5-6-20)10-25-18(28)15-7-11-3-2-4-14(21)16(11)26-15/h2-4,7,12-13,26H,5-6,8-10H2,1H3,(H,24,27)(H,25,28)/t12-,13-/m1/s1. The molecule has 3 N–H and O–H groups in total. The molecule has 0 radical (unpaired) electrons. The molecule has 2 amide bonds. The van der Waals surface area contributed by atoms with Crippen molar-refractivity contribution in [1.29, 1.82) is 0 Å². The van der Waals surface area contributed by atoms with E-state index < -0.39 is 17.8 Å². The third-order valence-corrected chi connectivity index (χ3v) is 6.16. The van der Waals surface area contributed by atoms with Gasteiger partial charge >= 0.3 is 0 Å². The third-order valence-electron chi connectivity index (χ3n) is 5.85. The number of aromatic nitrogens is 1. The van der Waals surface area contributed by atoms with Gasteiger partial charge in [0.05, 0.1) is 10.5 Å². The first-order chi connectivity index (χ1) is 13.2. The molecule has 5 nitrogen and oxygen atoms in total. The summed E-state index contributed by atoms with van der Waals surface area (Å²) in [4.78, 5) is 27.6. The Kier molecular flexibility index (Phi) is 4.61. The lowest BCUT2D eigenvalue weighted by Crippen LogP contribution is -2.39. The molecule has 0 bridgehead atoms. The highest BCUT2D eigenvalue weighted by molar-refractivity contribution is 6.35. The molecule has 4 rings (SSSR count). The van der Waals surface area contributed by atoms with E-state index in [4.69, 9.17) is 11.6 Å². The number of carbonyl (C=O) groups excluding carboxylic acids is 2. The highest BCUT2D eigenvalue weighted by atomic mass is 35.5. The molecule has 150 valence electrons. The number of nitrogens with one attached hydrogen (secondary N) is 3. The third kappa shape index (κ3) is 3.85. The van der Waals surface area contributed by atoms with Gasteiger partial charge in [-0.25, -0.2) is 8.78 Å². The highest BCUT2D eigenvalue weighted by Crippen LogP contribution is 2.49. The predicted octanol–water partition coefficient (Wildman–Crippen LogP) is 3.74. The van der Waals surface area contributed by atoms with E-state index in [2.05, 4.69) is 15.6 Å². The average molecular weight is 410 g/mol. The number of carbonyl (C=O) groups is 2. The van der Waals surface area contributed by atoms with Gasteiger partial charge in [0, 0.05) is 35.7 Å². The minimum absolute atomic E-state index is 0.186. The summed E-state index contributed by atoms with van der Waals surface area (Å²) in [5.41, 5.74) is 0.956. The summed E-state index contributed by atoms with van der Waals surface area (Å²) < 4.78 is 26.5. The summed E-state index contributed by atoms with van der Waals surface area (Å²) in [7, 11) is 0. The SMILES string of the molecule is CC(F)(F)[C@@H]1C[C@H]1C(=O)NCC1(CNC(=O)c2cc3cccc(Cl)c3[nH]2)CC1. The zero-order valence-electron chi connectivity index (χ0n) is 15.5. The van der Waals surface area contributed by atoms with Crippen molar-refractivity contribution in [3.05, 3.63) is 35.0 Å². The Labute approximate surface area is 166 Å². The summed E-state index contributed by atoms with van der Waals surface area (Å²) in [5, 5.41) is 7.10. The zero-order valence-corrected chi connectivity index (χ0v) is 16.2. The number of fused-ring (bicyclic) bond motifs is 1. The first-order valence-corrected chi connectivity index (χ1v) is 9.77. The quantitative estimate of drug-likeness (QED) is 0.651. The summed E-state index contributed by atoms with van der Waals surface area (Å²) in [6, 6.07) is 7.19. The van der Waals surface area contributed by atoms with E-state index in [0.29, 0.717) is 23.8 Å². The van der Waals surface area contributed by atoms with Gasteiger partial charge in [0.25, 0.3) is 5.91 Å². The van der Waals surface area contributed by atoms with Crippen molar-refractivity contribution in [2.75, 3.05) is 13.1 Å². The first-order valence-electron chi connectivity index (χ1n) is 9.40. The molecule has 0 aliphatic heterocycles. The maximum absolute atomic E-state index is 13.2. The Hall–Kier alpha value is -2.15. The molecule has 0 saturated heterocycles. The molecule has 2 aliphatic rings. The molecule has 1 heterocycles. The Balaban J connectivity index is 1.29. The smallest absolute Gasteiger partial charge is 0.267 e. The number of alkyl halides is 2. The second-order valence-electron chi connectivity index (χ2n) is 8.19. The van der Waals surface area contributed by atoms with E-state index in [1.54, 1.807) is 12.1 Å². The monoisotopic (exact) mass is 409 g/mol. The molecule has 0 spiro atoms. The van der Waals surface area contributed by atoms with Gasteiger partial charge in [-0.2, -0.15) is 0 Å². The number of aromatic amines is 1. The number of hydrogen-bond acceptors (Lipinski definition) is 2. The number of benzene rings is 1. The molecule has 2 atom stereocenters. The van der Waals surface area contributed by atoms with E-state index >= 15 is 0 Å². The molecule has 2 aromatic rings. The molecule has 2 fully saturated rings. The van der Waals surface area contributed by atoms with Gasteiger partial charge in [0.2, 0.25) is 11.8 Å². The molecule has 0 unspecified atom stereocenters. The second-order valence-corrected chi connectivity index (χ2v) is 8.60. The molecule has 8 heteroatoms. The fraction of sp³-hybridized carbons (Fsp3) is 0.500. The van der Waals surface area contributed by atoms with E-state index in [1.165, 1.54) is 0 Å². The van der Waals surface area contributed by atoms with Crippen LogP contribution >= 0.6 is 11.6 Å². The van der Waals surface area contributed by atoms with Gasteiger partial charge in [-0.3, -0.25) is 9.59 Å². The van der Waals surface area contributed by atoms with Crippen LogP contribution in [-0.2, 0) is 4.79 Å². The topological polar surface area (TPSA) is 74.0 Å². The highest BCUT2D eigenvalue weighted by Gasteiger charge is 2.55. The molecular formula is C20H22ClF2N3O2. The fourth-order valence-electron chi connectivity index (χ4n) is 3.65. The maximum atomic E-state index is 13.2. The van der Waals surface area contributed by atoms with Crippen molar-refractivity contribution >= 4 is 34.3 Å². The number of rotatable bonds is 7. The van der Waals surface area contributed by atoms with Crippen molar-refractivity contribution in [3.63, 3.8) is 0 Å². The normalized spacial score (nSPS) is 22.7. The Morgan fingerprint density at radius 3 is 2.61 bits per heavy atom. The lowest BCUT2D eigenvalue weighted by atomic mass is 10.1. The maximum Gasteiger partial charge on any atom is 0.267 e. The zero-order chi connectivity index (χ0) is 20.1. The fourth-order valence-corrected chi connectivity index (χ4v) is 3.88. The van der Waals surface area contributed by atoms with Crippen LogP contribution in [0.1, 0.15) is 36.7 Å². The summed E-state index contributed by atoms with van der Waals surface area (Å²) >= 11 is 6.12. The van der Waals surface area contributed by atoms with Crippen LogP contribution in [0.2, 0.25) is 5.02 Å². The number of halogens is 3. The minimum Gasteiger partial charge on any atom is -0.355 e. The summed E-state index contributed by atoms with van der Waals surface area (Å²) in [5.74, 6) is -4.81. The van der Waals surface area contributed by atoms with Crippen molar-refractivity contribution < 1.29 is 18.4 Å². The predicted molar refractivity (Wildman–Crippen MR) is 103 cm³/mol. The van der Waals surface area contributed by atoms with Crippen LogP contribution in [0.3, 0.4) is 0 Å². The number of hydrogen-bond donors (Lipinski definition) is 3. The van der Waals surface area contributed by atoms with Gasteiger partial charge in [0.1, 0.15) is 5.69 Å². The summed E-state index contributed by atoms with van der Waals surface area (Å²) in [6.45, 7) is 1.68. The number of para-hydroxylation sites is 1. The molecular weight excluding hydrogens is 388 g/mol. The van der Waals surface area contributed by atoms with Gasteiger partial charge in [-0.05, 0) is 38.3 Å². The van der Waals surface area contributed by atoms with Crippen molar-refractivity contribution in [1.82, 2.24) is 15.6 Å². The van der Waals surface area contributed by atoms with Crippen LogP contribution in [0, 0.1) is 17.3 Å². The van der Waals surface area contributed by atoms with Crippen LogP contribution in [0.4, 0.5) is 8.78 Å². The van der Waals surface area contributed by atoms with Gasteiger partial charge in [-0.15, -0.1) is 0 Å². The van der Waals surface area contributed by atoms with Gasteiger partial charge < -0.3 is 15.6 Å². The number of H-pyrrole nitrogens is 1. The lowest BCUT2D eigenvalue weighted by molar-refractivity contribution is -0.124. The van der Waals surface area contributed by atoms with Crippen LogP contribution < -0.4 is 10.6 Å². The van der Waals surface area contributed by atoms with Crippen LogP contribution in [0.5, 0.6) is 0 Å². The average Bonchev–Trinajstić information content (AvgIpc) is 3.54. The van der Waals surface area contributed by atoms with E-state index in [0.717, 1.165) is 30.7 Å². The molecule has 28 heavy (non-hydrogen) atoms. The Morgan fingerprint density at radius 2 is 2.00 bits per heavy atom. The largest absolute Gasteiger partial charge is 0.355 e. The van der Waals surface area contributed by atoms with Crippen molar-refractivity contribution in [2.24, 2.45) is 17.3 Å². The van der Waals surface area contributed by atoms with Crippen LogP contribution in [0.25, 0.3) is 10.9 Å². The van der Waals surface area contributed by atoms with Crippen molar-refractivity contribution in [3.8, 4) is 0 Å². The van der Waals surface area contributed by atoms with Gasteiger partial charge in [0.15, 0.2) is 0 Å². The van der Waals surface area contributed by atoms with Crippen LogP contribution in [-0.4, -0.2) is 35.8 Å². The lowest BCUT2D eigenvalue weighted by Gasteiger charge is -2.17. The van der Waals surface area contributed by atoms with Crippen LogP contribution in [0.15, 0.2) is 24.3 Å². The first kappa shape index (κ1) is 19.2. The van der Waals surface area contributed by atoms with E-state index in [-0.39, 0.29) is 23.7 Å². The molecule has 1 aromatic heterocycles. The number of amides is 2. The Morgan fingerprint density at radius 1 is 1.29 bits per heavy atom. The molecule has 1 aromatic carbocycles. The molecule has 2 aliphatic carbocycles. The summed E-state index contributed by atoms with van der Waals surface area (Å²) in [6.07, 6.45) is 2.00. The second kappa shape index (κ2) is 6.72. The van der Waals surface area contributed by atoms with E-state index in [1.807, 2.05) is 12.1 Å². The van der Waals surface area contributed by atoms with Crippen molar-refractivity contribution in [2.45, 2.75) is 32.1 Å². The molecule has 2 saturated carbocycles. The Bertz CT molecular complexity index is 933. The van der Waals surface area contributed by atoms with E-state index in [9.17, 15) is 18.4 Å². The van der Waals surface area contributed by atoms with Gasteiger partial charge in [-0.1, -0.05) is 23.7 Å².